The third kappa shape index (κ3) is 3.19. The summed E-state index contributed by atoms with van der Waals surface area (Å²) in [7, 11) is 0. The van der Waals surface area contributed by atoms with E-state index in [2.05, 4.69) is 0 Å². The molecule has 0 saturated carbocycles. The first-order chi connectivity index (χ1) is 11.5. The van der Waals surface area contributed by atoms with Crippen molar-refractivity contribution >= 4 is 28.4 Å². The van der Waals surface area contributed by atoms with Gasteiger partial charge in [0.25, 0.3) is 0 Å². The standard InChI is InChI=1S/C19H15ClO4/c1-11-3-5-13(6-4-11)18-19(23-10-12(2)21)17(22)15-9-14(20)7-8-16(15)24-18/h3-9H,10H2,1-2H3. The normalized spacial score (nSPS) is 10.8. The Kier molecular flexibility index (Phi) is 4.40. The van der Waals surface area contributed by atoms with E-state index in [1.165, 1.54) is 13.0 Å². The van der Waals surface area contributed by atoms with Crippen LogP contribution in [-0.4, -0.2) is 12.4 Å². The Morgan fingerprint density at radius 2 is 1.88 bits per heavy atom. The number of hydrogen-bond acceptors (Lipinski definition) is 4. The maximum atomic E-state index is 12.8. The highest BCUT2D eigenvalue weighted by molar-refractivity contribution is 6.31. The van der Waals surface area contributed by atoms with Gasteiger partial charge in [-0.15, -0.1) is 0 Å². The number of rotatable bonds is 4. The second-order valence-electron chi connectivity index (χ2n) is 5.59. The van der Waals surface area contributed by atoms with E-state index in [9.17, 15) is 9.59 Å². The number of carbonyl (C=O) groups is 1. The molecule has 0 N–H and O–H groups in total. The van der Waals surface area contributed by atoms with Gasteiger partial charge in [0.2, 0.25) is 11.2 Å². The number of fused-ring (bicyclic) bond motifs is 1. The molecule has 0 fully saturated rings. The van der Waals surface area contributed by atoms with Crippen molar-refractivity contribution in [2.45, 2.75) is 13.8 Å². The molecule has 4 nitrogen and oxygen atoms in total. The van der Waals surface area contributed by atoms with Crippen molar-refractivity contribution < 1.29 is 13.9 Å². The van der Waals surface area contributed by atoms with Gasteiger partial charge in [0, 0.05) is 10.6 Å². The summed E-state index contributed by atoms with van der Waals surface area (Å²) in [5.41, 5.74) is 1.85. The van der Waals surface area contributed by atoms with Crippen LogP contribution >= 0.6 is 11.6 Å². The van der Waals surface area contributed by atoms with Gasteiger partial charge in [-0.05, 0) is 32.0 Å². The fourth-order valence-corrected chi connectivity index (χ4v) is 2.52. The summed E-state index contributed by atoms with van der Waals surface area (Å²) in [6, 6.07) is 12.3. The van der Waals surface area contributed by atoms with Gasteiger partial charge in [0.05, 0.1) is 5.39 Å². The third-order valence-corrected chi connectivity index (χ3v) is 3.78. The fourth-order valence-electron chi connectivity index (χ4n) is 2.35. The van der Waals surface area contributed by atoms with Crippen LogP contribution in [0.5, 0.6) is 5.75 Å². The van der Waals surface area contributed by atoms with E-state index in [1.54, 1.807) is 12.1 Å². The number of carbonyl (C=O) groups excluding carboxylic acids is 1. The Balaban J connectivity index is 2.26. The molecule has 1 heterocycles. The number of ketones is 1. The second-order valence-corrected chi connectivity index (χ2v) is 6.02. The molecular formula is C19H15ClO4. The maximum Gasteiger partial charge on any atom is 0.235 e. The monoisotopic (exact) mass is 342 g/mol. The number of aryl methyl sites for hydroxylation is 1. The molecular weight excluding hydrogens is 328 g/mol. The topological polar surface area (TPSA) is 56.5 Å². The van der Waals surface area contributed by atoms with Crippen molar-refractivity contribution in [3.8, 4) is 17.1 Å². The average Bonchev–Trinajstić information content (AvgIpc) is 2.55. The summed E-state index contributed by atoms with van der Waals surface area (Å²) in [6.45, 7) is 3.16. The largest absolute Gasteiger partial charge is 0.478 e. The maximum absolute atomic E-state index is 12.8. The molecule has 24 heavy (non-hydrogen) atoms. The summed E-state index contributed by atoms with van der Waals surface area (Å²) in [5.74, 6) is 0.135. The SMILES string of the molecule is CC(=O)COc1c(-c2ccc(C)cc2)oc2ccc(Cl)cc2c1=O. The van der Waals surface area contributed by atoms with Gasteiger partial charge in [-0.1, -0.05) is 41.4 Å². The van der Waals surface area contributed by atoms with Gasteiger partial charge < -0.3 is 9.15 Å². The Morgan fingerprint density at radius 1 is 1.17 bits per heavy atom. The lowest BCUT2D eigenvalue weighted by atomic mass is 10.1. The van der Waals surface area contributed by atoms with Gasteiger partial charge in [0.15, 0.2) is 11.5 Å². The lowest BCUT2D eigenvalue weighted by Crippen LogP contribution is -2.14. The molecule has 0 aliphatic carbocycles. The highest BCUT2D eigenvalue weighted by Gasteiger charge is 2.18. The van der Waals surface area contributed by atoms with Crippen LogP contribution in [0.25, 0.3) is 22.3 Å². The molecule has 122 valence electrons. The van der Waals surface area contributed by atoms with Crippen LogP contribution in [0.2, 0.25) is 5.02 Å². The zero-order valence-electron chi connectivity index (χ0n) is 13.3. The van der Waals surface area contributed by atoms with Crippen molar-refractivity contribution in [1.82, 2.24) is 0 Å². The van der Waals surface area contributed by atoms with Crippen LogP contribution in [0.15, 0.2) is 51.7 Å². The number of Topliss-reactive ketones (excluding diaryl/α,β-unsaturated/α-hetero) is 1. The Labute approximate surface area is 143 Å². The van der Waals surface area contributed by atoms with Crippen molar-refractivity contribution in [1.29, 1.82) is 0 Å². The first kappa shape index (κ1) is 16.3. The van der Waals surface area contributed by atoms with Crippen LogP contribution in [0, 0.1) is 6.92 Å². The van der Waals surface area contributed by atoms with E-state index in [0.29, 0.717) is 27.3 Å². The number of ether oxygens (including phenoxy) is 1. The number of hydrogen-bond donors (Lipinski definition) is 0. The van der Waals surface area contributed by atoms with Crippen LogP contribution in [0.3, 0.4) is 0 Å². The minimum Gasteiger partial charge on any atom is -0.478 e. The molecule has 0 aliphatic heterocycles. The van der Waals surface area contributed by atoms with Crippen molar-refractivity contribution in [2.24, 2.45) is 0 Å². The van der Waals surface area contributed by atoms with E-state index >= 15 is 0 Å². The summed E-state index contributed by atoms with van der Waals surface area (Å²) in [4.78, 5) is 24.1. The van der Waals surface area contributed by atoms with Crippen LogP contribution in [0.4, 0.5) is 0 Å². The van der Waals surface area contributed by atoms with Gasteiger partial charge in [-0.25, -0.2) is 0 Å². The summed E-state index contributed by atoms with van der Waals surface area (Å²) >= 11 is 5.97. The smallest absolute Gasteiger partial charge is 0.235 e. The predicted octanol–water partition coefficient (Wildman–Crippen LogP) is 4.39. The van der Waals surface area contributed by atoms with Crippen LogP contribution in [-0.2, 0) is 4.79 Å². The lowest BCUT2D eigenvalue weighted by Gasteiger charge is -2.11. The predicted molar refractivity (Wildman–Crippen MR) is 93.8 cm³/mol. The Hall–Kier alpha value is -2.59. The van der Waals surface area contributed by atoms with Gasteiger partial charge in [0.1, 0.15) is 12.2 Å². The molecule has 0 saturated heterocycles. The van der Waals surface area contributed by atoms with E-state index in [4.69, 9.17) is 20.8 Å². The first-order valence-electron chi connectivity index (χ1n) is 7.41. The molecule has 1 aromatic heterocycles. The molecule has 0 unspecified atom stereocenters. The molecule has 0 aliphatic rings. The van der Waals surface area contributed by atoms with E-state index in [0.717, 1.165) is 5.56 Å². The van der Waals surface area contributed by atoms with Crippen molar-refractivity contribution in [3.05, 3.63) is 63.3 Å². The van der Waals surface area contributed by atoms with Gasteiger partial charge in [-0.3, -0.25) is 9.59 Å². The van der Waals surface area contributed by atoms with Crippen molar-refractivity contribution in [3.63, 3.8) is 0 Å². The molecule has 0 spiro atoms. The molecule has 3 rings (SSSR count). The third-order valence-electron chi connectivity index (χ3n) is 3.54. The molecule has 3 aromatic rings. The first-order valence-corrected chi connectivity index (χ1v) is 7.79. The van der Waals surface area contributed by atoms with Crippen LogP contribution in [0.1, 0.15) is 12.5 Å². The molecule has 0 bridgehead atoms. The summed E-state index contributed by atoms with van der Waals surface area (Å²) in [6.07, 6.45) is 0. The molecule has 0 amide bonds. The van der Waals surface area contributed by atoms with E-state index < -0.39 is 0 Å². The van der Waals surface area contributed by atoms with Crippen molar-refractivity contribution in [2.75, 3.05) is 6.61 Å². The zero-order valence-corrected chi connectivity index (χ0v) is 14.0. The Bertz CT molecular complexity index is 971. The average molecular weight is 343 g/mol. The quantitative estimate of drug-likeness (QED) is 0.705. The summed E-state index contributed by atoms with van der Waals surface area (Å²) in [5, 5.41) is 0.743. The van der Waals surface area contributed by atoms with E-state index in [1.807, 2.05) is 31.2 Å². The summed E-state index contributed by atoms with van der Waals surface area (Å²) < 4.78 is 11.4. The fraction of sp³-hybridized carbons (Fsp3) is 0.158. The second kappa shape index (κ2) is 6.49. The zero-order chi connectivity index (χ0) is 17.3. The highest BCUT2D eigenvalue weighted by Crippen LogP contribution is 2.31. The highest BCUT2D eigenvalue weighted by atomic mass is 35.5. The van der Waals surface area contributed by atoms with Gasteiger partial charge >= 0.3 is 0 Å². The van der Waals surface area contributed by atoms with Crippen LogP contribution < -0.4 is 10.2 Å². The minimum absolute atomic E-state index is 0.0174. The number of benzene rings is 2. The van der Waals surface area contributed by atoms with E-state index in [-0.39, 0.29) is 23.6 Å². The minimum atomic E-state index is -0.351. The number of halogens is 1. The lowest BCUT2D eigenvalue weighted by molar-refractivity contribution is -0.118. The molecule has 0 radical (unpaired) electrons. The molecule has 0 atom stereocenters. The van der Waals surface area contributed by atoms with Gasteiger partial charge in [-0.2, -0.15) is 0 Å². The Morgan fingerprint density at radius 3 is 2.54 bits per heavy atom. The molecule has 5 heteroatoms. The molecule has 2 aromatic carbocycles.